The van der Waals surface area contributed by atoms with Crippen LogP contribution >= 0.6 is 15.9 Å². The van der Waals surface area contributed by atoms with Crippen molar-refractivity contribution in [1.29, 1.82) is 0 Å². The van der Waals surface area contributed by atoms with E-state index in [4.69, 9.17) is 9.47 Å². The molecule has 0 aromatic heterocycles. The summed E-state index contributed by atoms with van der Waals surface area (Å²) in [6, 6.07) is 7.55. The summed E-state index contributed by atoms with van der Waals surface area (Å²) in [7, 11) is 0. The first-order valence-electron chi connectivity index (χ1n) is 9.47. The lowest BCUT2D eigenvalue weighted by Crippen LogP contribution is -2.37. The number of phenolic OH excluding ortho intramolecular Hbond substituents is 2. The van der Waals surface area contributed by atoms with E-state index in [9.17, 15) is 19.8 Å². The van der Waals surface area contributed by atoms with Crippen LogP contribution in [0.25, 0.3) is 0 Å². The van der Waals surface area contributed by atoms with Gasteiger partial charge in [0.1, 0.15) is 11.5 Å². The molecule has 1 fully saturated rings. The minimum Gasteiger partial charge on any atom is -0.507 e. The molecule has 152 valence electrons. The second-order valence-electron chi connectivity index (χ2n) is 7.49. The van der Waals surface area contributed by atoms with Gasteiger partial charge in [-0.3, -0.25) is 9.59 Å². The molecule has 0 spiro atoms. The Kier molecular flexibility index (Phi) is 5.23. The number of hydrogen-bond donors (Lipinski definition) is 2. The van der Waals surface area contributed by atoms with E-state index >= 15 is 0 Å². The Bertz CT molecular complexity index is 993. The number of fused-ring (bicyclic) bond motifs is 2. The molecule has 1 saturated heterocycles. The molecule has 2 aromatic rings. The quantitative estimate of drug-likeness (QED) is 0.565. The SMILES string of the molecule is CC1(C(CCBr)Cc2cc(O)c3c(c2)C(=O)c2cccc(O)c2C3=O)OCCO1. The number of hydrogen-bond acceptors (Lipinski definition) is 6. The molecule has 0 bridgehead atoms. The third-order valence-electron chi connectivity index (χ3n) is 5.71. The fourth-order valence-corrected chi connectivity index (χ4v) is 4.74. The minimum atomic E-state index is -0.739. The summed E-state index contributed by atoms with van der Waals surface area (Å²) >= 11 is 3.47. The third kappa shape index (κ3) is 3.37. The maximum absolute atomic E-state index is 13.0. The van der Waals surface area contributed by atoms with Gasteiger partial charge in [-0.1, -0.05) is 28.1 Å². The van der Waals surface area contributed by atoms with Gasteiger partial charge in [0.05, 0.1) is 24.3 Å². The van der Waals surface area contributed by atoms with Crippen LogP contribution in [0.2, 0.25) is 0 Å². The topological polar surface area (TPSA) is 93.1 Å². The van der Waals surface area contributed by atoms with Gasteiger partial charge in [0.2, 0.25) is 5.78 Å². The Balaban J connectivity index is 1.74. The van der Waals surface area contributed by atoms with Crippen LogP contribution in [-0.2, 0) is 15.9 Å². The van der Waals surface area contributed by atoms with Gasteiger partial charge in [-0.15, -0.1) is 0 Å². The molecule has 1 heterocycles. The lowest BCUT2D eigenvalue weighted by atomic mass is 9.81. The largest absolute Gasteiger partial charge is 0.507 e. The summed E-state index contributed by atoms with van der Waals surface area (Å²) in [6.07, 6.45) is 1.29. The number of aromatic hydroxyl groups is 2. The van der Waals surface area contributed by atoms with E-state index in [0.717, 1.165) is 17.3 Å². The van der Waals surface area contributed by atoms with Gasteiger partial charge >= 0.3 is 0 Å². The molecule has 4 rings (SSSR count). The molecule has 2 N–H and O–H groups in total. The first-order chi connectivity index (χ1) is 13.9. The molecule has 1 atom stereocenters. The molecular formula is C22H21BrO6. The number of carbonyl (C=O) groups excluding carboxylic acids is 2. The molecule has 2 aliphatic rings. The lowest BCUT2D eigenvalue weighted by molar-refractivity contribution is -0.181. The molecule has 29 heavy (non-hydrogen) atoms. The van der Waals surface area contributed by atoms with Crippen molar-refractivity contribution in [2.24, 2.45) is 5.92 Å². The highest BCUT2D eigenvalue weighted by Gasteiger charge is 2.40. The normalized spacial score (nSPS) is 18.4. The van der Waals surface area contributed by atoms with Crippen LogP contribution in [-0.4, -0.2) is 46.1 Å². The number of ketones is 2. The van der Waals surface area contributed by atoms with Crippen LogP contribution in [0.5, 0.6) is 11.5 Å². The van der Waals surface area contributed by atoms with E-state index in [1.165, 1.54) is 24.3 Å². The van der Waals surface area contributed by atoms with Crippen LogP contribution in [0, 0.1) is 5.92 Å². The number of phenols is 2. The van der Waals surface area contributed by atoms with Gasteiger partial charge < -0.3 is 19.7 Å². The summed E-state index contributed by atoms with van der Waals surface area (Å²) in [5, 5.41) is 21.4. The highest BCUT2D eigenvalue weighted by Crippen LogP contribution is 2.39. The molecule has 7 heteroatoms. The zero-order valence-corrected chi connectivity index (χ0v) is 17.5. The molecule has 6 nitrogen and oxygen atoms in total. The molecule has 0 radical (unpaired) electrons. The van der Waals surface area contributed by atoms with Crippen LogP contribution in [0.4, 0.5) is 0 Å². The Labute approximate surface area is 176 Å². The summed E-state index contributed by atoms with van der Waals surface area (Å²) in [4.78, 5) is 25.9. The highest BCUT2D eigenvalue weighted by atomic mass is 79.9. The Morgan fingerprint density at radius 1 is 1.03 bits per heavy atom. The molecule has 0 saturated carbocycles. The van der Waals surface area contributed by atoms with Crippen molar-refractivity contribution in [1.82, 2.24) is 0 Å². The van der Waals surface area contributed by atoms with Gasteiger partial charge in [0, 0.05) is 22.4 Å². The zero-order chi connectivity index (χ0) is 20.8. The Hall–Kier alpha value is -2.22. The first kappa shape index (κ1) is 20.1. The minimum absolute atomic E-state index is 0.00690. The second kappa shape index (κ2) is 7.55. The van der Waals surface area contributed by atoms with Crippen molar-refractivity contribution in [2.75, 3.05) is 18.5 Å². The average Bonchev–Trinajstić information content (AvgIpc) is 3.13. The predicted molar refractivity (Wildman–Crippen MR) is 109 cm³/mol. The third-order valence-corrected chi connectivity index (χ3v) is 6.16. The number of alkyl halides is 1. The summed E-state index contributed by atoms with van der Waals surface area (Å²) in [5.41, 5.74) is 0.886. The van der Waals surface area contributed by atoms with Crippen LogP contribution in [0.15, 0.2) is 30.3 Å². The van der Waals surface area contributed by atoms with Crippen molar-refractivity contribution in [3.63, 3.8) is 0 Å². The van der Waals surface area contributed by atoms with Gasteiger partial charge in [0.25, 0.3) is 0 Å². The number of ether oxygens (including phenoxy) is 2. The molecule has 2 aromatic carbocycles. The standard InChI is InChI=1S/C22H21BrO6/c1-22(28-7-8-29-22)13(5-6-23)9-12-10-15-19(17(25)11-12)21(27)18-14(20(15)26)3-2-4-16(18)24/h2-4,10-11,13,24-25H,5-9H2,1H3. The number of halogens is 1. The summed E-state index contributed by atoms with van der Waals surface area (Å²) in [5.74, 6) is -2.22. The molecule has 1 aliphatic carbocycles. The molecular weight excluding hydrogens is 440 g/mol. The van der Waals surface area contributed by atoms with E-state index in [1.54, 1.807) is 6.07 Å². The van der Waals surface area contributed by atoms with Gasteiger partial charge in [-0.05, 0) is 43.5 Å². The van der Waals surface area contributed by atoms with E-state index in [2.05, 4.69) is 15.9 Å². The van der Waals surface area contributed by atoms with Crippen LogP contribution < -0.4 is 0 Å². The van der Waals surface area contributed by atoms with Gasteiger partial charge in [0.15, 0.2) is 11.6 Å². The van der Waals surface area contributed by atoms with Gasteiger partial charge in [-0.2, -0.15) is 0 Å². The van der Waals surface area contributed by atoms with Crippen molar-refractivity contribution < 1.29 is 29.3 Å². The average molecular weight is 461 g/mol. The lowest BCUT2D eigenvalue weighted by Gasteiger charge is -2.32. The fraction of sp³-hybridized carbons (Fsp3) is 0.364. The predicted octanol–water partition coefficient (Wildman–Crippen LogP) is 3.58. The second-order valence-corrected chi connectivity index (χ2v) is 8.28. The first-order valence-corrected chi connectivity index (χ1v) is 10.6. The van der Waals surface area contributed by atoms with Gasteiger partial charge in [-0.25, -0.2) is 0 Å². The van der Waals surface area contributed by atoms with Crippen molar-refractivity contribution >= 4 is 27.5 Å². The number of carbonyl (C=O) groups is 2. The maximum atomic E-state index is 13.0. The Morgan fingerprint density at radius 3 is 2.41 bits per heavy atom. The highest BCUT2D eigenvalue weighted by molar-refractivity contribution is 9.09. The van der Waals surface area contributed by atoms with Crippen molar-refractivity contribution in [3.05, 3.63) is 58.1 Å². The molecule has 0 amide bonds. The Morgan fingerprint density at radius 2 is 1.72 bits per heavy atom. The van der Waals surface area contributed by atoms with E-state index in [-0.39, 0.29) is 45.5 Å². The van der Waals surface area contributed by atoms with Crippen molar-refractivity contribution in [3.8, 4) is 11.5 Å². The maximum Gasteiger partial charge on any atom is 0.201 e. The zero-order valence-electron chi connectivity index (χ0n) is 15.9. The summed E-state index contributed by atoms with van der Waals surface area (Å²) in [6.45, 7) is 2.95. The van der Waals surface area contributed by atoms with Crippen LogP contribution in [0.3, 0.4) is 0 Å². The van der Waals surface area contributed by atoms with E-state index in [1.807, 2.05) is 6.92 Å². The monoisotopic (exact) mass is 460 g/mol. The molecule has 1 aliphatic heterocycles. The smallest absolute Gasteiger partial charge is 0.201 e. The molecule has 1 unspecified atom stereocenters. The van der Waals surface area contributed by atoms with E-state index < -0.39 is 11.6 Å². The number of benzene rings is 2. The van der Waals surface area contributed by atoms with Crippen molar-refractivity contribution in [2.45, 2.75) is 25.6 Å². The number of rotatable bonds is 5. The van der Waals surface area contributed by atoms with E-state index in [0.29, 0.717) is 19.6 Å². The fourth-order valence-electron chi connectivity index (χ4n) is 4.19. The summed E-state index contributed by atoms with van der Waals surface area (Å²) < 4.78 is 11.6. The van der Waals surface area contributed by atoms with Crippen LogP contribution in [0.1, 0.15) is 50.8 Å².